The molecule has 9 aromatic carbocycles. The minimum Gasteiger partial charge on any atom is -0.311 e. The van der Waals surface area contributed by atoms with Crippen LogP contribution in [0.25, 0.3) is 31.3 Å². The van der Waals surface area contributed by atoms with Crippen molar-refractivity contribution in [1.82, 2.24) is 0 Å². The van der Waals surface area contributed by atoms with E-state index in [1.54, 1.807) is 0 Å². The Bertz CT molecular complexity index is 2980. The Kier molecular flexibility index (Phi) is 8.39. The fraction of sp³-hybridized carbons (Fsp3) is 0. The van der Waals surface area contributed by atoms with E-state index in [1.165, 1.54) is 63.4 Å². The summed E-state index contributed by atoms with van der Waals surface area (Å²) in [6.07, 6.45) is 0. The van der Waals surface area contributed by atoms with Crippen LogP contribution in [0.5, 0.6) is 0 Å². The number of hydrogen-bond donors (Lipinski definition) is 0. The van der Waals surface area contributed by atoms with Crippen molar-refractivity contribution < 1.29 is 0 Å². The van der Waals surface area contributed by atoms with Crippen LogP contribution in [-0.4, -0.2) is 8.07 Å². The molecule has 0 atom stereocenters. The predicted octanol–water partition coefficient (Wildman–Crippen LogP) is 12.4. The number of nitrogens with zero attached hydrogens (tertiary/aromatic N) is 2. The molecular formula is C54H38N2SSi. The zero-order chi connectivity index (χ0) is 38.5. The smallest absolute Gasteiger partial charge is 0.184 e. The first-order chi connectivity index (χ1) is 28.8. The number of benzene rings is 9. The van der Waals surface area contributed by atoms with E-state index in [4.69, 9.17) is 0 Å². The lowest BCUT2D eigenvalue weighted by molar-refractivity contribution is 1.26. The molecule has 0 N–H and O–H groups in total. The molecule has 0 aliphatic carbocycles. The molecule has 0 unspecified atom stereocenters. The number of hydrogen-bond acceptors (Lipinski definition) is 3. The number of rotatable bonds is 7. The molecule has 0 bridgehead atoms. The lowest BCUT2D eigenvalue weighted by Crippen LogP contribution is -2.77. The van der Waals surface area contributed by atoms with E-state index in [-0.39, 0.29) is 0 Å². The number of thiophene rings is 1. The molecule has 2 nitrogen and oxygen atoms in total. The van der Waals surface area contributed by atoms with Crippen LogP contribution in [0.3, 0.4) is 0 Å². The summed E-state index contributed by atoms with van der Waals surface area (Å²) in [6.45, 7) is 0. The monoisotopic (exact) mass is 774 g/mol. The average Bonchev–Trinajstić information content (AvgIpc) is 3.69. The summed E-state index contributed by atoms with van der Waals surface area (Å²) < 4.78 is 2.64. The van der Waals surface area contributed by atoms with Crippen LogP contribution in [0, 0.1) is 0 Å². The fourth-order valence-electron chi connectivity index (χ4n) is 9.23. The third-order valence-electron chi connectivity index (χ3n) is 11.7. The van der Waals surface area contributed by atoms with Gasteiger partial charge >= 0.3 is 0 Å². The van der Waals surface area contributed by atoms with Gasteiger partial charge in [0.05, 0.1) is 0 Å². The lowest BCUT2D eigenvalue weighted by atomic mass is 10.0. The molecule has 58 heavy (non-hydrogen) atoms. The summed E-state index contributed by atoms with van der Waals surface area (Å²) in [4.78, 5) is 4.92. The van der Waals surface area contributed by atoms with Gasteiger partial charge in [0.1, 0.15) is 0 Å². The normalized spacial score (nSPS) is 12.9. The van der Waals surface area contributed by atoms with Gasteiger partial charge in [0.2, 0.25) is 0 Å². The van der Waals surface area contributed by atoms with Crippen LogP contribution in [-0.2, 0) is 0 Å². The molecule has 0 radical (unpaired) electrons. The van der Waals surface area contributed by atoms with Crippen molar-refractivity contribution >= 4 is 94.5 Å². The highest BCUT2D eigenvalue weighted by molar-refractivity contribution is 7.26. The van der Waals surface area contributed by atoms with Gasteiger partial charge in [-0.15, -0.1) is 11.3 Å². The van der Waals surface area contributed by atoms with E-state index < -0.39 is 8.07 Å². The van der Waals surface area contributed by atoms with E-state index in [2.05, 4.69) is 240 Å². The van der Waals surface area contributed by atoms with Gasteiger partial charge in [-0.25, -0.2) is 0 Å². The van der Waals surface area contributed by atoms with Crippen LogP contribution < -0.4 is 30.5 Å². The maximum absolute atomic E-state index is 3.00. The Morgan fingerprint density at radius 2 is 0.966 bits per heavy atom. The third-order valence-corrected chi connectivity index (χ3v) is 17.8. The van der Waals surface area contributed by atoms with E-state index in [0.717, 1.165) is 22.7 Å². The largest absolute Gasteiger partial charge is 0.311 e. The van der Waals surface area contributed by atoms with Crippen molar-refractivity contribution in [3.63, 3.8) is 0 Å². The molecular weight excluding hydrogens is 737 g/mol. The van der Waals surface area contributed by atoms with Gasteiger partial charge in [-0.05, 0) is 98.6 Å². The molecule has 11 rings (SSSR count). The molecule has 1 aromatic heterocycles. The fourth-order valence-corrected chi connectivity index (χ4v) is 15.6. The second kappa shape index (κ2) is 14.2. The minimum absolute atomic E-state index is 1.12. The van der Waals surface area contributed by atoms with Gasteiger partial charge in [-0.2, -0.15) is 0 Å². The molecule has 10 aromatic rings. The van der Waals surface area contributed by atoms with Crippen LogP contribution in [0.1, 0.15) is 0 Å². The number of anilines is 6. The highest BCUT2D eigenvalue weighted by Crippen LogP contribution is 2.45. The Morgan fingerprint density at radius 1 is 0.397 bits per heavy atom. The van der Waals surface area contributed by atoms with Crippen molar-refractivity contribution in [3.05, 3.63) is 231 Å². The van der Waals surface area contributed by atoms with Crippen LogP contribution in [0.4, 0.5) is 34.1 Å². The van der Waals surface area contributed by atoms with E-state index >= 15 is 0 Å². The number of para-hydroxylation sites is 3. The zero-order valence-corrected chi connectivity index (χ0v) is 33.6. The highest BCUT2D eigenvalue weighted by atomic mass is 32.1. The van der Waals surface area contributed by atoms with Gasteiger partial charge in [0.25, 0.3) is 0 Å². The second-order valence-electron chi connectivity index (χ2n) is 14.9. The SMILES string of the molecule is c1ccc(N(c2ccccc2)c2ccc3c(c2)[Si](c2ccccc2)(c2ccccc2)c2ccc(-c4cccc5c4sc4ccccc45)cc2N3c2ccccc2)cc1. The van der Waals surface area contributed by atoms with Gasteiger partial charge in [-0.1, -0.05) is 164 Å². The van der Waals surface area contributed by atoms with Crippen LogP contribution in [0.15, 0.2) is 231 Å². The lowest BCUT2D eigenvalue weighted by Gasteiger charge is -2.45. The van der Waals surface area contributed by atoms with Gasteiger partial charge in [-0.3, -0.25) is 0 Å². The standard InChI is InChI=1S/C54H38N2SSi/c1-6-19-40(20-7-1)55(41-21-8-2-9-22-41)43-34-35-49-53(38-43)58(44-25-12-4-13-26-44,45-27-14-5-15-28-45)52-36-33-39(37-50(52)56(49)42-23-10-3-11-24-42)46-30-18-31-48-47-29-16-17-32-51(47)57-54(46)48/h1-38H. The summed E-state index contributed by atoms with van der Waals surface area (Å²) in [5.41, 5.74) is 9.44. The Labute approximate surface area is 344 Å². The molecule has 0 amide bonds. The molecule has 0 saturated carbocycles. The summed E-state index contributed by atoms with van der Waals surface area (Å²) in [7, 11) is -3.00. The van der Waals surface area contributed by atoms with Crippen molar-refractivity contribution in [1.29, 1.82) is 0 Å². The molecule has 274 valence electrons. The minimum atomic E-state index is -3.00. The van der Waals surface area contributed by atoms with Gasteiger partial charge in [0, 0.05) is 54.3 Å². The number of fused-ring (bicyclic) bond motifs is 5. The zero-order valence-electron chi connectivity index (χ0n) is 31.7. The van der Waals surface area contributed by atoms with E-state index in [0.29, 0.717) is 0 Å². The molecule has 1 aliphatic rings. The summed E-state index contributed by atoms with van der Waals surface area (Å²) in [5.74, 6) is 0. The average molecular weight is 775 g/mol. The third kappa shape index (κ3) is 5.45. The molecule has 2 heterocycles. The Balaban J connectivity index is 1.24. The van der Waals surface area contributed by atoms with Crippen LogP contribution >= 0.6 is 11.3 Å². The summed E-state index contributed by atoms with van der Waals surface area (Å²) in [6, 6.07) is 85.2. The predicted molar refractivity (Wildman–Crippen MR) is 251 cm³/mol. The first-order valence-corrected chi connectivity index (χ1v) is 22.7. The van der Waals surface area contributed by atoms with E-state index in [9.17, 15) is 0 Å². The summed E-state index contributed by atoms with van der Waals surface area (Å²) >= 11 is 1.89. The van der Waals surface area contributed by atoms with Crippen molar-refractivity contribution in [2.75, 3.05) is 9.80 Å². The maximum atomic E-state index is 2.52. The topological polar surface area (TPSA) is 6.48 Å². The van der Waals surface area contributed by atoms with Crippen LogP contribution in [0.2, 0.25) is 0 Å². The van der Waals surface area contributed by atoms with E-state index in [1.807, 2.05) is 11.3 Å². The quantitative estimate of drug-likeness (QED) is 0.149. The second-order valence-corrected chi connectivity index (χ2v) is 19.7. The Morgan fingerprint density at radius 3 is 1.62 bits per heavy atom. The molecule has 4 heteroatoms. The van der Waals surface area contributed by atoms with Crippen molar-refractivity contribution in [2.24, 2.45) is 0 Å². The Hall–Kier alpha value is -6.98. The molecule has 0 fully saturated rings. The van der Waals surface area contributed by atoms with Crippen molar-refractivity contribution in [3.8, 4) is 11.1 Å². The van der Waals surface area contributed by atoms with Crippen molar-refractivity contribution in [2.45, 2.75) is 0 Å². The van der Waals surface area contributed by atoms with Gasteiger partial charge in [0.15, 0.2) is 8.07 Å². The first kappa shape index (κ1) is 34.3. The highest BCUT2D eigenvalue weighted by Gasteiger charge is 2.49. The molecule has 1 aliphatic heterocycles. The maximum Gasteiger partial charge on any atom is 0.184 e. The molecule has 0 saturated heterocycles. The van der Waals surface area contributed by atoms with Gasteiger partial charge < -0.3 is 9.80 Å². The molecule has 0 spiro atoms. The summed E-state index contributed by atoms with van der Waals surface area (Å²) in [5, 5.41) is 8.08. The first-order valence-electron chi connectivity index (χ1n) is 19.9.